The second kappa shape index (κ2) is 6.93. The number of hydrogen-bond acceptors (Lipinski definition) is 6. The summed E-state index contributed by atoms with van der Waals surface area (Å²) >= 11 is 4.49. The molecule has 1 amide bonds. The van der Waals surface area contributed by atoms with Gasteiger partial charge in [0.1, 0.15) is 10.8 Å². The third-order valence-electron chi connectivity index (χ3n) is 4.01. The lowest BCUT2D eigenvalue weighted by molar-refractivity contribution is -0.385. The molecule has 1 heterocycles. The Kier molecular flexibility index (Phi) is 4.87. The quantitative estimate of drug-likeness (QED) is 0.440. The van der Waals surface area contributed by atoms with Gasteiger partial charge in [-0.3, -0.25) is 14.9 Å². The number of non-ortho nitro benzene ring substituents is 1. The zero-order chi connectivity index (χ0) is 18.1. The zero-order valence-electron chi connectivity index (χ0n) is 13.0. The minimum absolute atomic E-state index is 0.156. The Bertz CT molecular complexity index is 907. The Morgan fingerprint density at radius 3 is 2.80 bits per heavy atom. The van der Waals surface area contributed by atoms with Gasteiger partial charge in [-0.1, -0.05) is 0 Å². The Labute approximate surface area is 155 Å². The fraction of sp³-hybridized carbons (Fsp3) is 0.250. The molecule has 0 aliphatic heterocycles. The number of aliphatic imine (C=N–C) groups is 1. The van der Waals surface area contributed by atoms with E-state index in [1.807, 2.05) is 0 Å². The van der Waals surface area contributed by atoms with Crippen molar-refractivity contribution in [2.24, 2.45) is 10.7 Å². The number of halogens is 1. The first kappa shape index (κ1) is 17.6. The summed E-state index contributed by atoms with van der Waals surface area (Å²) in [5.41, 5.74) is 6.90. The molecule has 3 rings (SSSR count). The molecule has 0 unspecified atom stereocenters. The molecule has 0 atom stereocenters. The second-order valence-corrected chi connectivity index (χ2v) is 7.57. The van der Waals surface area contributed by atoms with Crippen molar-refractivity contribution >= 4 is 50.1 Å². The summed E-state index contributed by atoms with van der Waals surface area (Å²) in [6, 6.07) is 2.44. The van der Waals surface area contributed by atoms with Gasteiger partial charge in [-0.15, -0.1) is 11.3 Å². The molecule has 1 aliphatic carbocycles. The van der Waals surface area contributed by atoms with Crippen LogP contribution in [-0.2, 0) is 12.8 Å². The van der Waals surface area contributed by atoms with Crippen LogP contribution < -0.4 is 5.73 Å². The van der Waals surface area contributed by atoms with Crippen LogP contribution in [0.25, 0.3) is 0 Å². The highest BCUT2D eigenvalue weighted by Crippen LogP contribution is 2.40. The molecule has 9 heteroatoms. The second-order valence-electron chi connectivity index (χ2n) is 5.64. The number of amides is 1. The maximum atomic E-state index is 11.8. The van der Waals surface area contributed by atoms with Crippen molar-refractivity contribution in [2.75, 3.05) is 0 Å². The Morgan fingerprint density at radius 1 is 1.40 bits per heavy atom. The smallest absolute Gasteiger partial charge is 0.271 e. The van der Waals surface area contributed by atoms with Gasteiger partial charge >= 0.3 is 0 Å². The summed E-state index contributed by atoms with van der Waals surface area (Å²) in [5.74, 6) is -0.688. The van der Waals surface area contributed by atoms with Crippen molar-refractivity contribution in [3.8, 4) is 5.75 Å². The van der Waals surface area contributed by atoms with E-state index in [-0.39, 0.29) is 21.5 Å². The number of nitrogens with zero attached hydrogens (tertiary/aromatic N) is 2. The standard InChI is InChI=1S/C16H14BrN3O4S/c17-11-6-9(20(23)24)5-8(14(11)21)7-19-16-13(15(18)22)10-3-1-2-4-12(10)25-16/h5-7,21H,1-4H2,(H2,18,22). The number of phenolic OH excluding ortho intramolecular Hbond substituents is 1. The van der Waals surface area contributed by atoms with Gasteiger partial charge in [-0.25, -0.2) is 4.99 Å². The zero-order valence-corrected chi connectivity index (χ0v) is 15.4. The number of benzene rings is 1. The van der Waals surface area contributed by atoms with Crippen molar-refractivity contribution in [2.45, 2.75) is 25.7 Å². The molecule has 0 bridgehead atoms. The molecule has 1 aromatic carbocycles. The first-order valence-corrected chi connectivity index (χ1v) is 9.14. The van der Waals surface area contributed by atoms with Crippen molar-refractivity contribution in [1.82, 2.24) is 0 Å². The predicted molar refractivity (Wildman–Crippen MR) is 99.2 cm³/mol. The Hall–Kier alpha value is -2.26. The van der Waals surface area contributed by atoms with Gasteiger partial charge in [0.25, 0.3) is 11.6 Å². The maximum absolute atomic E-state index is 11.8. The van der Waals surface area contributed by atoms with Crippen LogP contribution in [0, 0.1) is 10.1 Å². The summed E-state index contributed by atoms with van der Waals surface area (Å²) in [7, 11) is 0. The molecule has 130 valence electrons. The molecule has 0 fully saturated rings. The number of nitrogens with two attached hydrogens (primary N) is 1. The summed E-state index contributed by atoms with van der Waals surface area (Å²) in [5, 5.41) is 21.5. The molecule has 0 saturated carbocycles. The Morgan fingerprint density at radius 2 is 2.12 bits per heavy atom. The molecular weight excluding hydrogens is 410 g/mol. The third-order valence-corrected chi connectivity index (χ3v) is 5.81. The average molecular weight is 424 g/mol. The first-order valence-electron chi connectivity index (χ1n) is 7.53. The molecule has 0 spiro atoms. The number of nitro groups is 1. The fourth-order valence-electron chi connectivity index (χ4n) is 2.83. The summed E-state index contributed by atoms with van der Waals surface area (Å²) < 4.78 is 0.198. The third kappa shape index (κ3) is 3.42. The van der Waals surface area contributed by atoms with E-state index >= 15 is 0 Å². The highest BCUT2D eigenvalue weighted by Gasteiger charge is 2.23. The number of carbonyl (C=O) groups excluding carboxylic acids is 1. The number of aromatic hydroxyl groups is 1. The van der Waals surface area contributed by atoms with Crippen LogP contribution in [0.15, 0.2) is 21.6 Å². The van der Waals surface area contributed by atoms with Gasteiger partial charge in [0.05, 0.1) is 15.0 Å². The van der Waals surface area contributed by atoms with E-state index in [4.69, 9.17) is 5.73 Å². The normalized spacial score (nSPS) is 13.8. The molecular formula is C16H14BrN3O4S. The van der Waals surface area contributed by atoms with E-state index in [0.29, 0.717) is 10.6 Å². The van der Waals surface area contributed by atoms with Gasteiger partial charge in [0, 0.05) is 28.8 Å². The highest BCUT2D eigenvalue weighted by molar-refractivity contribution is 9.10. The van der Waals surface area contributed by atoms with E-state index in [0.717, 1.165) is 36.1 Å². The molecule has 2 aromatic rings. The lowest BCUT2D eigenvalue weighted by Crippen LogP contribution is -2.14. The minimum Gasteiger partial charge on any atom is -0.506 e. The molecule has 1 aromatic heterocycles. The van der Waals surface area contributed by atoms with Gasteiger partial charge < -0.3 is 10.8 Å². The number of phenols is 1. The number of hydrogen-bond donors (Lipinski definition) is 2. The van der Waals surface area contributed by atoms with Crippen LogP contribution in [0.2, 0.25) is 0 Å². The van der Waals surface area contributed by atoms with E-state index in [1.165, 1.54) is 29.7 Å². The van der Waals surface area contributed by atoms with Crippen LogP contribution in [0.3, 0.4) is 0 Å². The number of aryl methyl sites for hydroxylation is 1. The predicted octanol–water partition coefficient (Wildman–Crippen LogP) is 3.85. The van der Waals surface area contributed by atoms with Crippen LogP contribution in [0.5, 0.6) is 5.75 Å². The van der Waals surface area contributed by atoms with E-state index in [9.17, 15) is 20.0 Å². The SMILES string of the molecule is NC(=O)c1c(N=Cc2cc([N+](=O)[O-])cc(Br)c2O)sc2c1CCCC2. The van der Waals surface area contributed by atoms with Gasteiger partial charge in [0.15, 0.2) is 0 Å². The van der Waals surface area contributed by atoms with E-state index in [2.05, 4.69) is 20.9 Å². The fourth-order valence-corrected chi connectivity index (χ4v) is 4.54. The number of rotatable bonds is 4. The lowest BCUT2D eigenvalue weighted by Gasteiger charge is -2.10. The van der Waals surface area contributed by atoms with Crippen LogP contribution in [-0.4, -0.2) is 22.2 Å². The largest absolute Gasteiger partial charge is 0.506 e. The van der Waals surface area contributed by atoms with Crippen molar-refractivity contribution < 1.29 is 14.8 Å². The number of thiophene rings is 1. The molecule has 25 heavy (non-hydrogen) atoms. The number of carbonyl (C=O) groups is 1. The van der Waals surface area contributed by atoms with Crippen molar-refractivity contribution in [3.63, 3.8) is 0 Å². The Balaban J connectivity index is 2.05. The molecule has 3 N–H and O–H groups in total. The van der Waals surface area contributed by atoms with Crippen molar-refractivity contribution in [1.29, 1.82) is 0 Å². The molecule has 0 radical (unpaired) electrons. The van der Waals surface area contributed by atoms with Gasteiger partial charge in [-0.2, -0.15) is 0 Å². The summed E-state index contributed by atoms with van der Waals surface area (Å²) in [4.78, 5) is 27.7. The van der Waals surface area contributed by atoms with Crippen LogP contribution in [0.4, 0.5) is 10.7 Å². The maximum Gasteiger partial charge on any atom is 0.271 e. The van der Waals surface area contributed by atoms with E-state index in [1.54, 1.807) is 0 Å². The van der Waals surface area contributed by atoms with Crippen molar-refractivity contribution in [3.05, 3.63) is 48.3 Å². The van der Waals surface area contributed by atoms with E-state index < -0.39 is 10.8 Å². The number of primary amides is 1. The number of fused-ring (bicyclic) bond motifs is 1. The van der Waals surface area contributed by atoms with Crippen LogP contribution in [0.1, 0.15) is 39.2 Å². The number of nitro benzene ring substituents is 1. The lowest BCUT2D eigenvalue weighted by atomic mass is 9.95. The first-order chi connectivity index (χ1) is 11.9. The molecule has 0 saturated heterocycles. The summed E-state index contributed by atoms with van der Waals surface area (Å²) in [6.45, 7) is 0. The molecule has 7 nitrogen and oxygen atoms in total. The van der Waals surface area contributed by atoms with Crippen LogP contribution >= 0.6 is 27.3 Å². The topological polar surface area (TPSA) is 119 Å². The van der Waals surface area contributed by atoms with Gasteiger partial charge in [0.2, 0.25) is 0 Å². The minimum atomic E-state index is -0.555. The average Bonchev–Trinajstić information content (AvgIpc) is 2.94. The summed E-state index contributed by atoms with van der Waals surface area (Å²) in [6.07, 6.45) is 5.08. The van der Waals surface area contributed by atoms with Gasteiger partial charge in [-0.05, 0) is 47.2 Å². The monoisotopic (exact) mass is 423 g/mol. The highest BCUT2D eigenvalue weighted by atomic mass is 79.9. The molecule has 1 aliphatic rings.